The van der Waals surface area contributed by atoms with Crippen LogP contribution in [0.25, 0.3) is 16.1 Å². The van der Waals surface area contributed by atoms with Crippen LogP contribution in [0, 0.1) is 20.8 Å². The second kappa shape index (κ2) is 10.9. The summed E-state index contributed by atoms with van der Waals surface area (Å²) < 4.78 is 12.5. The molecule has 0 amide bonds. The number of carbonyl (C=O) groups is 2. The highest BCUT2D eigenvalue weighted by molar-refractivity contribution is 7.15. The van der Waals surface area contributed by atoms with E-state index in [1.807, 2.05) is 62.6 Å². The monoisotopic (exact) mass is 590 g/mol. The molecule has 3 heterocycles. The van der Waals surface area contributed by atoms with Gasteiger partial charge in [0, 0.05) is 26.6 Å². The molecule has 0 radical (unpaired) electrons. The van der Waals surface area contributed by atoms with Crippen LogP contribution in [0.5, 0.6) is 0 Å². The summed E-state index contributed by atoms with van der Waals surface area (Å²) in [5.74, 6) is 0.549. The van der Waals surface area contributed by atoms with Crippen LogP contribution in [0.1, 0.15) is 76.8 Å². The van der Waals surface area contributed by atoms with Gasteiger partial charge in [0.1, 0.15) is 22.5 Å². The lowest BCUT2D eigenvalue weighted by atomic mass is 9.96. The van der Waals surface area contributed by atoms with Crippen molar-refractivity contribution >= 4 is 40.6 Å². The van der Waals surface area contributed by atoms with Gasteiger partial charge in [-0.2, -0.15) is 0 Å². The summed E-state index contributed by atoms with van der Waals surface area (Å²) in [5, 5.41) is 10.1. The number of fused-ring (bicyclic) bond motifs is 3. The highest BCUT2D eigenvalue weighted by Gasteiger charge is 2.32. The van der Waals surface area contributed by atoms with E-state index in [0.29, 0.717) is 16.4 Å². The molecule has 41 heavy (non-hydrogen) atoms. The van der Waals surface area contributed by atoms with Crippen molar-refractivity contribution in [1.29, 1.82) is 0 Å². The minimum atomic E-state index is -0.596. The van der Waals surface area contributed by atoms with Gasteiger partial charge in [-0.3, -0.25) is 14.4 Å². The molecular formula is C31H31ClN4O4S. The number of nitrogens with zero attached hydrogens (tertiary/aromatic N) is 4. The van der Waals surface area contributed by atoms with Crippen molar-refractivity contribution in [3.05, 3.63) is 86.3 Å². The van der Waals surface area contributed by atoms with Crippen molar-refractivity contribution in [1.82, 2.24) is 14.8 Å². The first kappa shape index (κ1) is 28.7. The lowest BCUT2D eigenvalue weighted by molar-refractivity contribution is -0.141. The third-order valence-corrected chi connectivity index (χ3v) is 8.41. The van der Waals surface area contributed by atoms with Gasteiger partial charge in [-0.25, -0.2) is 4.79 Å². The van der Waals surface area contributed by atoms with Gasteiger partial charge in [-0.15, -0.1) is 21.5 Å². The highest BCUT2D eigenvalue weighted by Crippen LogP contribution is 2.40. The zero-order chi connectivity index (χ0) is 29.6. The maximum absolute atomic E-state index is 12.5. The van der Waals surface area contributed by atoms with Crippen LogP contribution in [0.15, 0.2) is 47.5 Å². The van der Waals surface area contributed by atoms with Crippen molar-refractivity contribution in [2.45, 2.75) is 59.6 Å². The number of carbonyl (C=O) groups excluding carboxylic acids is 2. The van der Waals surface area contributed by atoms with Crippen molar-refractivity contribution in [3.8, 4) is 16.1 Å². The first-order chi connectivity index (χ1) is 19.4. The Bertz CT molecular complexity index is 1700. The third-order valence-electron chi connectivity index (χ3n) is 6.90. The molecule has 0 spiro atoms. The van der Waals surface area contributed by atoms with Gasteiger partial charge in [0.25, 0.3) is 0 Å². The number of ether oxygens (including phenoxy) is 2. The maximum atomic E-state index is 12.5. The van der Waals surface area contributed by atoms with Crippen LogP contribution in [0.4, 0.5) is 0 Å². The Kier molecular flexibility index (Phi) is 7.61. The van der Waals surface area contributed by atoms with Gasteiger partial charge in [0.2, 0.25) is 0 Å². The molecule has 10 heteroatoms. The highest BCUT2D eigenvalue weighted by atomic mass is 35.5. The van der Waals surface area contributed by atoms with Gasteiger partial charge in [-0.05, 0) is 64.8 Å². The Morgan fingerprint density at radius 2 is 1.71 bits per heavy atom. The fraction of sp³-hybridized carbons (Fsp3) is 0.323. The number of hydrogen-bond donors (Lipinski definition) is 0. The minimum absolute atomic E-state index is 0.0444. The second-order valence-corrected chi connectivity index (χ2v) is 12.6. The number of hydrogen-bond acceptors (Lipinski definition) is 8. The SMILES string of the molecule is COC(=O)C[C@@H]1N=C(c2ccc(-c3ccc(C(=O)OC(C)(C)C)cc3Cl)cc2)c2c(sc(C)c2C)-n2c(C)nnc21. The van der Waals surface area contributed by atoms with Gasteiger partial charge in [0.15, 0.2) is 5.82 Å². The number of esters is 2. The number of aromatic nitrogens is 3. The number of methoxy groups -OCH3 is 1. The molecule has 0 unspecified atom stereocenters. The van der Waals surface area contributed by atoms with E-state index in [9.17, 15) is 9.59 Å². The molecule has 2 aromatic heterocycles. The molecule has 1 aliphatic rings. The number of thiophene rings is 1. The van der Waals surface area contributed by atoms with E-state index in [-0.39, 0.29) is 12.4 Å². The number of halogens is 1. The zero-order valence-electron chi connectivity index (χ0n) is 24.0. The number of aliphatic imine (C=N–C) groups is 1. The van der Waals surface area contributed by atoms with Crippen molar-refractivity contribution < 1.29 is 19.1 Å². The fourth-order valence-corrected chi connectivity index (χ4v) is 6.29. The van der Waals surface area contributed by atoms with Crippen LogP contribution in [0.3, 0.4) is 0 Å². The molecule has 8 nitrogen and oxygen atoms in total. The normalized spacial score (nSPS) is 14.5. The summed E-state index contributed by atoms with van der Waals surface area (Å²) in [6.07, 6.45) is 0.0444. The van der Waals surface area contributed by atoms with Crippen molar-refractivity contribution in [2.24, 2.45) is 4.99 Å². The lowest BCUT2D eigenvalue weighted by Gasteiger charge is -2.19. The van der Waals surface area contributed by atoms with Gasteiger partial charge < -0.3 is 9.47 Å². The van der Waals surface area contributed by atoms with E-state index in [1.54, 1.807) is 23.5 Å². The Morgan fingerprint density at radius 1 is 1.02 bits per heavy atom. The summed E-state index contributed by atoms with van der Waals surface area (Å²) in [5.41, 5.74) is 5.27. The van der Waals surface area contributed by atoms with E-state index in [1.165, 1.54) is 12.0 Å². The molecule has 0 aliphatic carbocycles. The summed E-state index contributed by atoms with van der Waals surface area (Å²) in [6.45, 7) is 11.5. The van der Waals surface area contributed by atoms with Crippen molar-refractivity contribution in [3.63, 3.8) is 0 Å². The molecular weight excluding hydrogens is 560 g/mol. The van der Waals surface area contributed by atoms with Gasteiger partial charge >= 0.3 is 11.9 Å². The van der Waals surface area contributed by atoms with E-state index < -0.39 is 17.6 Å². The summed E-state index contributed by atoms with van der Waals surface area (Å²) in [7, 11) is 1.37. The Labute approximate surface area is 248 Å². The number of rotatable bonds is 5. The molecule has 0 saturated heterocycles. The zero-order valence-corrected chi connectivity index (χ0v) is 25.6. The predicted octanol–water partition coefficient (Wildman–Crippen LogP) is 6.98. The lowest BCUT2D eigenvalue weighted by Crippen LogP contribution is -2.23. The third kappa shape index (κ3) is 5.56. The number of benzene rings is 2. The molecule has 1 atom stereocenters. The minimum Gasteiger partial charge on any atom is -0.469 e. The largest absolute Gasteiger partial charge is 0.469 e. The standard InChI is InChI=1S/C31H31ClN4O4S/c1-16-17(2)41-29-26(16)27(33-24(15-25(37)39-7)28-35-34-18(3)36(28)29)20-10-8-19(9-11-20)22-13-12-21(14-23(22)32)30(38)40-31(4,5)6/h8-14,24H,15H2,1-7H3/t24-/m0/s1. The molecule has 212 valence electrons. The molecule has 0 bridgehead atoms. The van der Waals surface area contributed by atoms with Crippen LogP contribution < -0.4 is 0 Å². The average molecular weight is 591 g/mol. The topological polar surface area (TPSA) is 95.7 Å². The number of aryl methyl sites for hydroxylation is 2. The van der Waals surface area contributed by atoms with Crippen LogP contribution in [-0.4, -0.2) is 45.1 Å². The Hall–Kier alpha value is -3.82. The molecule has 0 fully saturated rings. The maximum Gasteiger partial charge on any atom is 0.338 e. The van der Waals surface area contributed by atoms with Gasteiger partial charge in [0.05, 0.1) is 24.8 Å². The summed E-state index contributed by atoms with van der Waals surface area (Å²) >= 11 is 8.28. The molecule has 0 saturated carbocycles. The van der Waals surface area contributed by atoms with Crippen LogP contribution in [0.2, 0.25) is 5.02 Å². The summed E-state index contributed by atoms with van der Waals surface area (Å²) in [4.78, 5) is 31.1. The first-order valence-electron chi connectivity index (χ1n) is 13.2. The molecule has 2 aromatic carbocycles. The second-order valence-electron chi connectivity index (χ2n) is 11.0. The smallest absolute Gasteiger partial charge is 0.338 e. The quantitative estimate of drug-likeness (QED) is 0.233. The Balaban J connectivity index is 1.56. The predicted molar refractivity (Wildman–Crippen MR) is 161 cm³/mol. The summed E-state index contributed by atoms with van der Waals surface area (Å²) in [6, 6.07) is 12.6. The fourth-order valence-electron chi connectivity index (χ4n) is 4.79. The van der Waals surface area contributed by atoms with E-state index in [4.69, 9.17) is 26.1 Å². The Morgan fingerprint density at radius 3 is 2.34 bits per heavy atom. The van der Waals surface area contributed by atoms with Crippen molar-refractivity contribution in [2.75, 3.05) is 7.11 Å². The molecule has 4 aromatic rings. The molecule has 0 N–H and O–H groups in total. The average Bonchev–Trinajstić information content (AvgIpc) is 3.39. The molecule has 1 aliphatic heterocycles. The molecule has 5 rings (SSSR count). The van der Waals surface area contributed by atoms with Crippen LogP contribution >= 0.6 is 22.9 Å². The van der Waals surface area contributed by atoms with E-state index in [0.717, 1.165) is 44.4 Å². The van der Waals surface area contributed by atoms with E-state index in [2.05, 4.69) is 24.0 Å². The van der Waals surface area contributed by atoms with Crippen LogP contribution in [-0.2, 0) is 14.3 Å². The first-order valence-corrected chi connectivity index (χ1v) is 14.4. The van der Waals surface area contributed by atoms with Gasteiger partial charge in [-0.1, -0.05) is 41.9 Å². The van der Waals surface area contributed by atoms with E-state index >= 15 is 0 Å².